The fraction of sp³-hybridized carbons (Fsp3) is 0.611. The predicted octanol–water partition coefficient (Wildman–Crippen LogP) is 2.83. The summed E-state index contributed by atoms with van der Waals surface area (Å²) in [5.74, 6) is 1.61. The number of carbonyl (C=O) groups is 1. The van der Waals surface area contributed by atoms with Gasteiger partial charge in [-0.1, -0.05) is 18.2 Å². The van der Waals surface area contributed by atoms with Gasteiger partial charge in [0.2, 0.25) is 5.91 Å². The number of nitrogens with one attached hydrogen (secondary N) is 2. The van der Waals surface area contributed by atoms with Crippen LogP contribution in [-0.4, -0.2) is 26.1 Å². The summed E-state index contributed by atoms with van der Waals surface area (Å²) in [5, 5.41) is 6.51. The highest BCUT2D eigenvalue weighted by Gasteiger charge is 2.26. The van der Waals surface area contributed by atoms with Crippen LogP contribution in [0.1, 0.15) is 45.1 Å². The van der Waals surface area contributed by atoms with Crippen molar-refractivity contribution in [2.75, 3.05) is 20.2 Å². The van der Waals surface area contributed by atoms with E-state index in [2.05, 4.69) is 10.6 Å². The second-order valence-corrected chi connectivity index (χ2v) is 6.61. The molecule has 1 aliphatic heterocycles. The fourth-order valence-corrected chi connectivity index (χ4v) is 3.14. The van der Waals surface area contributed by atoms with Crippen LogP contribution in [0.2, 0.25) is 0 Å². The largest absolute Gasteiger partial charge is 0.496 e. The number of benzene rings is 1. The van der Waals surface area contributed by atoms with Gasteiger partial charge in [0, 0.05) is 12.0 Å². The van der Waals surface area contributed by atoms with Crippen molar-refractivity contribution in [1.82, 2.24) is 10.6 Å². The van der Waals surface area contributed by atoms with E-state index in [1.54, 1.807) is 7.11 Å². The summed E-state index contributed by atoms with van der Waals surface area (Å²) in [6.07, 6.45) is 3.95. The van der Waals surface area contributed by atoms with Crippen LogP contribution < -0.4 is 15.4 Å². The van der Waals surface area contributed by atoms with E-state index in [0.29, 0.717) is 12.3 Å². The van der Waals surface area contributed by atoms with Crippen molar-refractivity contribution >= 4 is 5.91 Å². The number of hydrogen-bond acceptors (Lipinski definition) is 3. The van der Waals surface area contributed by atoms with Crippen molar-refractivity contribution in [3.8, 4) is 5.75 Å². The number of ether oxygens (including phenoxy) is 1. The van der Waals surface area contributed by atoms with Crippen molar-refractivity contribution in [2.24, 2.45) is 5.92 Å². The summed E-state index contributed by atoms with van der Waals surface area (Å²) in [6.45, 7) is 6.21. The minimum absolute atomic E-state index is 0.120. The molecule has 0 aromatic heterocycles. The second-order valence-electron chi connectivity index (χ2n) is 6.61. The number of para-hydroxylation sites is 1. The highest BCUT2D eigenvalue weighted by Crippen LogP contribution is 2.29. The Bertz CT molecular complexity index is 494. The topological polar surface area (TPSA) is 50.4 Å². The minimum Gasteiger partial charge on any atom is -0.496 e. The molecule has 1 aromatic carbocycles. The summed E-state index contributed by atoms with van der Waals surface area (Å²) < 4.78 is 5.41. The first-order chi connectivity index (χ1) is 10.5. The van der Waals surface area contributed by atoms with E-state index in [0.717, 1.165) is 30.8 Å². The summed E-state index contributed by atoms with van der Waals surface area (Å²) in [4.78, 5) is 12.3. The van der Waals surface area contributed by atoms with Gasteiger partial charge in [-0.25, -0.2) is 0 Å². The Balaban J connectivity index is 1.91. The first kappa shape index (κ1) is 16.8. The summed E-state index contributed by atoms with van der Waals surface area (Å²) in [7, 11) is 1.66. The Morgan fingerprint density at radius 1 is 1.32 bits per heavy atom. The molecule has 4 nitrogen and oxygen atoms in total. The van der Waals surface area contributed by atoms with E-state index in [9.17, 15) is 4.79 Å². The molecule has 1 heterocycles. The zero-order valence-corrected chi connectivity index (χ0v) is 13.9. The third-order valence-corrected chi connectivity index (χ3v) is 4.47. The van der Waals surface area contributed by atoms with Crippen LogP contribution in [0.15, 0.2) is 24.3 Å². The van der Waals surface area contributed by atoms with Crippen molar-refractivity contribution in [1.29, 1.82) is 0 Å². The van der Waals surface area contributed by atoms with E-state index in [4.69, 9.17) is 4.74 Å². The molecular formula is C18H28N2O2. The SMILES string of the molecule is COc1ccccc1C(C)(C)NC(=O)CCC1CCNCC1. The Labute approximate surface area is 133 Å². The molecule has 1 aromatic rings. The second kappa shape index (κ2) is 7.63. The normalized spacial score (nSPS) is 16.3. The molecule has 4 heteroatoms. The smallest absolute Gasteiger partial charge is 0.220 e. The molecule has 1 aliphatic rings. The van der Waals surface area contributed by atoms with Crippen molar-refractivity contribution in [3.05, 3.63) is 29.8 Å². The van der Waals surface area contributed by atoms with Gasteiger partial charge in [-0.3, -0.25) is 4.79 Å². The molecule has 0 aliphatic carbocycles. The van der Waals surface area contributed by atoms with Gasteiger partial charge in [0.05, 0.1) is 12.6 Å². The van der Waals surface area contributed by atoms with Crippen LogP contribution >= 0.6 is 0 Å². The standard InChI is InChI=1S/C18H28N2O2/c1-18(2,15-6-4-5-7-16(15)22-3)20-17(21)9-8-14-10-12-19-13-11-14/h4-7,14,19H,8-13H2,1-3H3,(H,20,21). The molecule has 0 spiro atoms. The predicted molar refractivity (Wildman–Crippen MR) is 89.0 cm³/mol. The van der Waals surface area contributed by atoms with Crippen LogP contribution in [0.3, 0.4) is 0 Å². The highest BCUT2D eigenvalue weighted by molar-refractivity contribution is 5.77. The van der Waals surface area contributed by atoms with Gasteiger partial charge in [-0.2, -0.15) is 0 Å². The van der Waals surface area contributed by atoms with E-state index in [1.165, 1.54) is 12.8 Å². The Kier molecular flexibility index (Phi) is 5.83. The number of rotatable bonds is 6. The zero-order valence-electron chi connectivity index (χ0n) is 13.9. The zero-order chi connectivity index (χ0) is 16.0. The Morgan fingerprint density at radius 2 is 2.00 bits per heavy atom. The van der Waals surface area contributed by atoms with Crippen LogP contribution in [0.25, 0.3) is 0 Å². The van der Waals surface area contributed by atoms with Crippen molar-refractivity contribution in [3.63, 3.8) is 0 Å². The lowest BCUT2D eigenvalue weighted by atomic mass is 9.91. The molecule has 1 fully saturated rings. The van der Waals surface area contributed by atoms with E-state index < -0.39 is 5.54 Å². The molecular weight excluding hydrogens is 276 g/mol. The van der Waals surface area contributed by atoms with Gasteiger partial charge >= 0.3 is 0 Å². The number of carbonyl (C=O) groups excluding carboxylic acids is 1. The first-order valence-corrected chi connectivity index (χ1v) is 8.18. The summed E-state index contributed by atoms with van der Waals surface area (Å²) >= 11 is 0. The molecule has 0 atom stereocenters. The lowest BCUT2D eigenvalue weighted by Crippen LogP contribution is -2.41. The van der Waals surface area contributed by atoms with E-state index in [1.807, 2.05) is 38.1 Å². The van der Waals surface area contributed by atoms with E-state index in [-0.39, 0.29) is 5.91 Å². The van der Waals surface area contributed by atoms with Gasteiger partial charge in [0.1, 0.15) is 5.75 Å². The third-order valence-electron chi connectivity index (χ3n) is 4.47. The Morgan fingerprint density at radius 3 is 2.68 bits per heavy atom. The molecule has 0 radical (unpaired) electrons. The van der Waals surface area contributed by atoms with Gasteiger partial charge in [0.15, 0.2) is 0 Å². The molecule has 0 saturated carbocycles. The molecule has 0 unspecified atom stereocenters. The number of methoxy groups -OCH3 is 1. The molecule has 2 rings (SSSR count). The molecule has 1 saturated heterocycles. The van der Waals surface area contributed by atoms with Crippen LogP contribution in [0.5, 0.6) is 5.75 Å². The third kappa shape index (κ3) is 4.47. The first-order valence-electron chi connectivity index (χ1n) is 8.18. The average Bonchev–Trinajstić information content (AvgIpc) is 2.53. The number of amides is 1. The number of hydrogen-bond donors (Lipinski definition) is 2. The lowest BCUT2D eigenvalue weighted by Gasteiger charge is -2.29. The van der Waals surface area contributed by atoms with Gasteiger partial charge in [0.25, 0.3) is 0 Å². The monoisotopic (exact) mass is 304 g/mol. The van der Waals surface area contributed by atoms with Gasteiger partial charge in [-0.15, -0.1) is 0 Å². The fourth-order valence-electron chi connectivity index (χ4n) is 3.14. The van der Waals surface area contributed by atoms with Crippen molar-refractivity contribution in [2.45, 2.75) is 45.1 Å². The Hall–Kier alpha value is -1.55. The molecule has 22 heavy (non-hydrogen) atoms. The van der Waals surface area contributed by atoms with Gasteiger partial charge in [-0.05, 0) is 58.2 Å². The summed E-state index contributed by atoms with van der Waals surface area (Å²) in [5.41, 5.74) is 0.574. The van der Waals surface area contributed by atoms with Crippen LogP contribution in [0, 0.1) is 5.92 Å². The molecule has 122 valence electrons. The molecule has 1 amide bonds. The lowest BCUT2D eigenvalue weighted by molar-refractivity contribution is -0.123. The maximum Gasteiger partial charge on any atom is 0.220 e. The minimum atomic E-state index is -0.433. The molecule has 0 bridgehead atoms. The van der Waals surface area contributed by atoms with Gasteiger partial charge < -0.3 is 15.4 Å². The summed E-state index contributed by atoms with van der Waals surface area (Å²) in [6, 6.07) is 7.85. The van der Waals surface area contributed by atoms with Crippen LogP contribution in [0.4, 0.5) is 0 Å². The number of piperidine rings is 1. The van der Waals surface area contributed by atoms with Crippen molar-refractivity contribution < 1.29 is 9.53 Å². The van der Waals surface area contributed by atoms with Crippen LogP contribution in [-0.2, 0) is 10.3 Å². The quantitative estimate of drug-likeness (QED) is 0.849. The highest BCUT2D eigenvalue weighted by atomic mass is 16.5. The maximum atomic E-state index is 12.3. The van der Waals surface area contributed by atoms with E-state index >= 15 is 0 Å². The molecule has 2 N–H and O–H groups in total. The average molecular weight is 304 g/mol. The maximum absolute atomic E-state index is 12.3.